The molecule has 3 heterocycles. The largest absolute Gasteiger partial charge is 0.456 e. The lowest BCUT2D eigenvalue weighted by molar-refractivity contribution is 0.669. The van der Waals surface area contributed by atoms with Crippen LogP contribution in [0.3, 0.4) is 0 Å². The zero-order valence-corrected chi connectivity index (χ0v) is 34.2. The van der Waals surface area contributed by atoms with E-state index < -0.39 is 0 Å². The van der Waals surface area contributed by atoms with Crippen molar-refractivity contribution in [1.82, 2.24) is 4.40 Å². The van der Waals surface area contributed by atoms with Crippen molar-refractivity contribution >= 4 is 77.1 Å². The molecule has 0 unspecified atom stereocenters. The SMILES string of the molecule is c1ccc(-c2ccc(-c3ccc(N(c4ccc(-c5ccc6c(c5)oc5ccccc56)cc4)c4ccc(-c5ccc6c(c5)c5cccc7c8ccccc8n6c75)cc4)cc3)cc2)cc1. The zero-order valence-electron chi connectivity index (χ0n) is 34.2. The average Bonchev–Trinajstić information content (AvgIpc) is 4.02. The predicted molar refractivity (Wildman–Crippen MR) is 265 cm³/mol. The predicted octanol–water partition coefficient (Wildman–Crippen LogP) is 16.9. The molecule has 0 fully saturated rings. The number of furan rings is 1. The molecule has 3 nitrogen and oxygen atoms in total. The Labute approximate surface area is 364 Å². The van der Waals surface area contributed by atoms with E-state index in [2.05, 4.69) is 228 Å². The van der Waals surface area contributed by atoms with Crippen LogP contribution in [0.15, 0.2) is 235 Å². The zero-order chi connectivity index (χ0) is 41.4. The Morgan fingerprint density at radius 1 is 0.270 bits per heavy atom. The number of para-hydroxylation sites is 3. The second-order valence-electron chi connectivity index (χ2n) is 16.5. The Morgan fingerprint density at radius 2 is 0.698 bits per heavy atom. The van der Waals surface area contributed by atoms with Crippen molar-refractivity contribution in [1.29, 1.82) is 0 Å². The Balaban J connectivity index is 0.865. The summed E-state index contributed by atoms with van der Waals surface area (Å²) in [4.78, 5) is 2.35. The molecule has 0 bridgehead atoms. The van der Waals surface area contributed by atoms with Gasteiger partial charge in [0.15, 0.2) is 0 Å². The molecule has 0 N–H and O–H groups in total. The van der Waals surface area contributed by atoms with E-state index in [0.29, 0.717) is 0 Å². The van der Waals surface area contributed by atoms with Crippen LogP contribution in [-0.4, -0.2) is 4.40 Å². The number of benzene rings is 10. The van der Waals surface area contributed by atoms with E-state index in [1.807, 2.05) is 12.1 Å². The molecular weight excluding hydrogens is 765 g/mol. The minimum absolute atomic E-state index is 0.900. The summed E-state index contributed by atoms with van der Waals surface area (Å²) in [6.07, 6.45) is 0. The van der Waals surface area contributed by atoms with Gasteiger partial charge < -0.3 is 13.7 Å². The standard InChI is InChI=1S/C60H38N2O/c1-2-9-39(10-3-1)40-17-19-41(20-18-40)42-21-29-47(30-22-42)61(49-33-25-44(26-34-49)46-27-35-52-51-12-5-7-16-58(51)63-59(52)38-46)48-31-23-43(24-32-48)45-28-36-57-55(37-45)54-14-8-13-53-50-11-4-6-15-56(50)62(57)60(53)54/h1-38H. The van der Waals surface area contributed by atoms with E-state index in [1.54, 1.807) is 0 Å². The molecule has 294 valence electrons. The van der Waals surface area contributed by atoms with Crippen molar-refractivity contribution < 1.29 is 4.42 Å². The first-order valence-electron chi connectivity index (χ1n) is 21.6. The average molecular weight is 803 g/mol. The highest BCUT2D eigenvalue weighted by atomic mass is 16.3. The Bertz CT molecular complexity index is 3800. The van der Waals surface area contributed by atoms with Gasteiger partial charge in [0.1, 0.15) is 11.2 Å². The second-order valence-corrected chi connectivity index (χ2v) is 16.5. The van der Waals surface area contributed by atoms with Crippen LogP contribution < -0.4 is 4.90 Å². The quantitative estimate of drug-likeness (QED) is 0.160. The molecule has 0 spiro atoms. The summed E-state index contributed by atoms with van der Waals surface area (Å²) in [5.74, 6) is 0. The molecule has 13 rings (SSSR count). The van der Waals surface area contributed by atoms with Crippen LogP contribution in [0, 0.1) is 0 Å². The lowest BCUT2D eigenvalue weighted by Gasteiger charge is -2.26. The van der Waals surface area contributed by atoms with Crippen molar-refractivity contribution in [3.8, 4) is 44.5 Å². The van der Waals surface area contributed by atoms with E-state index in [4.69, 9.17) is 4.42 Å². The number of aromatic nitrogens is 1. The minimum atomic E-state index is 0.900. The molecule has 63 heavy (non-hydrogen) atoms. The number of hydrogen-bond acceptors (Lipinski definition) is 2. The molecule has 0 amide bonds. The van der Waals surface area contributed by atoms with Crippen molar-refractivity contribution in [3.63, 3.8) is 0 Å². The normalized spacial score (nSPS) is 11.8. The summed E-state index contributed by atoms with van der Waals surface area (Å²) in [6.45, 7) is 0. The third-order valence-corrected chi connectivity index (χ3v) is 13.0. The fourth-order valence-electron chi connectivity index (χ4n) is 9.86. The highest BCUT2D eigenvalue weighted by Crippen LogP contribution is 2.42. The summed E-state index contributed by atoms with van der Waals surface area (Å²) in [5.41, 5.74) is 18.3. The van der Waals surface area contributed by atoms with Crippen LogP contribution in [0.25, 0.3) is 105 Å². The van der Waals surface area contributed by atoms with E-state index >= 15 is 0 Å². The number of nitrogens with zero attached hydrogens (tertiary/aromatic N) is 2. The van der Waals surface area contributed by atoms with Crippen molar-refractivity contribution in [3.05, 3.63) is 231 Å². The van der Waals surface area contributed by atoms with E-state index in [0.717, 1.165) is 50.1 Å². The fourth-order valence-corrected chi connectivity index (χ4v) is 9.86. The molecular formula is C60H38N2O. The van der Waals surface area contributed by atoms with Crippen LogP contribution in [-0.2, 0) is 0 Å². The third-order valence-electron chi connectivity index (χ3n) is 13.0. The Hall–Kier alpha value is -8.40. The van der Waals surface area contributed by atoms with Gasteiger partial charge in [-0.25, -0.2) is 0 Å². The topological polar surface area (TPSA) is 20.8 Å². The molecule has 0 aliphatic rings. The van der Waals surface area contributed by atoms with Crippen molar-refractivity contribution in [2.75, 3.05) is 4.90 Å². The first-order valence-corrected chi connectivity index (χ1v) is 21.6. The number of rotatable bonds is 7. The lowest BCUT2D eigenvalue weighted by Crippen LogP contribution is -2.09. The molecule has 0 saturated carbocycles. The lowest BCUT2D eigenvalue weighted by atomic mass is 9.99. The smallest absolute Gasteiger partial charge is 0.136 e. The van der Waals surface area contributed by atoms with Crippen LogP contribution in [0.4, 0.5) is 17.1 Å². The van der Waals surface area contributed by atoms with Gasteiger partial charge in [-0.05, 0) is 117 Å². The van der Waals surface area contributed by atoms with E-state index in [9.17, 15) is 0 Å². The van der Waals surface area contributed by atoms with Gasteiger partial charge in [-0.2, -0.15) is 0 Å². The molecule has 3 heteroatoms. The number of anilines is 3. The minimum Gasteiger partial charge on any atom is -0.456 e. The van der Waals surface area contributed by atoms with Crippen molar-refractivity contribution in [2.24, 2.45) is 0 Å². The van der Waals surface area contributed by atoms with Crippen LogP contribution in [0.1, 0.15) is 0 Å². The van der Waals surface area contributed by atoms with Gasteiger partial charge in [-0.1, -0.05) is 158 Å². The highest BCUT2D eigenvalue weighted by molar-refractivity contribution is 6.23. The third kappa shape index (κ3) is 5.75. The van der Waals surface area contributed by atoms with Gasteiger partial charge in [0, 0.05) is 49.4 Å². The van der Waals surface area contributed by atoms with Crippen LogP contribution >= 0.6 is 0 Å². The molecule has 0 saturated heterocycles. The summed E-state index contributed by atoms with van der Waals surface area (Å²) in [7, 11) is 0. The van der Waals surface area contributed by atoms with Gasteiger partial charge in [0.05, 0.1) is 16.6 Å². The molecule has 10 aromatic carbocycles. The summed E-state index contributed by atoms with van der Waals surface area (Å²) in [6, 6.07) is 83.4. The molecule has 13 aromatic rings. The van der Waals surface area contributed by atoms with Crippen LogP contribution in [0.5, 0.6) is 0 Å². The van der Waals surface area contributed by atoms with Crippen molar-refractivity contribution in [2.45, 2.75) is 0 Å². The highest BCUT2D eigenvalue weighted by Gasteiger charge is 2.19. The summed E-state index contributed by atoms with van der Waals surface area (Å²) >= 11 is 0. The number of hydrogen-bond donors (Lipinski definition) is 0. The first-order chi connectivity index (χ1) is 31.2. The van der Waals surface area contributed by atoms with Gasteiger partial charge in [-0.15, -0.1) is 0 Å². The Morgan fingerprint density at radius 3 is 1.35 bits per heavy atom. The number of fused-ring (bicyclic) bond motifs is 9. The maximum absolute atomic E-state index is 6.25. The van der Waals surface area contributed by atoms with E-state index in [-0.39, 0.29) is 0 Å². The Kier molecular flexibility index (Phi) is 7.91. The van der Waals surface area contributed by atoms with Gasteiger partial charge in [0.2, 0.25) is 0 Å². The molecule has 0 aliphatic heterocycles. The molecule has 3 aromatic heterocycles. The first kappa shape index (κ1) is 35.4. The maximum atomic E-state index is 6.25. The van der Waals surface area contributed by atoms with E-state index in [1.165, 1.54) is 71.5 Å². The molecule has 0 aliphatic carbocycles. The van der Waals surface area contributed by atoms with Gasteiger partial charge in [-0.3, -0.25) is 0 Å². The summed E-state index contributed by atoms with van der Waals surface area (Å²) in [5, 5.41) is 7.45. The monoisotopic (exact) mass is 802 g/mol. The second kappa shape index (κ2) is 14.1. The van der Waals surface area contributed by atoms with Crippen LogP contribution in [0.2, 0.25) is 0 Å². The molecule has 0 atom stereocenters. The summed E-state index contributed by atoms with van der Waals surface area (Å²) < 4.78 is 8.69. The van der Waals surface area contributed by atoms with Gasteiger partial charge >= 0.3 is 0 Å². The fraction of sp³-hybridized carbons (Fsp3) is 0. The maximum Gasteiger partial charge on any atom is 0.136 e. The molecule has 0 radical (unpaired) electrons. The van der Waals surface area contributed by atoms with Gasteiger partial charge in [0.25, 0.3) is 0 Å².